The van der Waals surface area contributed by atoms with Crippen molar-refractivity contribution in [3.63, 3.8) is 0 Å². The molecule has 4 nitrogen and oxygen atoms in total. The van der Waals surface area contributed by atoms with Crippen LogP contribution in [0.25, 0.3) is 77.9 Å². The molecule has 0 radical (unpaired) electrons. The Kier molecular flexibility index (Phi) is 7.00. The van der Waals surface area contributed by atoms with Crippen molar-refractivity contribution in [2.45, 2.75) is 38.5 Å². The van der Waals surface area contributed by atoms with Crippen LogP contribution in [0, 0.1) is 0 Å². The Hall–Kier alpha value is -7.17. The van der Waals surface area contributed by atoms with E-state index < -0.39 is 0 Å². The molecule has 12 rings (SSSR count). The molecule has 0 amide bonds. The molecule has 0 saturated carbocycles. The van der Waals surface area contributed by atoms with E-state index in [2.05, 4.69) is 166 Å². The van der Waals surface area contributed by atoms with Gasteiger partial charge in [0.15, 0.2) is 5.58 Å². The van der Waals surface area contributed by atoms with Crippen LogP contribution in [-0.4, -0.2) is 4.98 Å². The van der Waals surface area contributed by atoms with Gasteiger partial charge in [-0.2, -0.15) is 0 Å². The average molecular weight is 761 g/mol. The van der Waals surface area contributed by atoms with Gasteiger partial charge in [-0.3, -0.25) is 0 Å². The Morgan fingerprint density at radius 1 is 0.390 bits per heavy atom. The summed E-state index contributed by atoms with van der Waals surface area (Å²) in [6.45, 7) is 9.36. The Bertz CT molecular complexity index is 3220. The summed E-state index contributed by atoms with van der Waals surface area (Å²) in [5, 5.41) is 2.07. The fourth-order valence-corrected chi connectivity index (χ4v) is 10.0. The van der Waals surface area contributed by atoms with E-state index in [9.17, 15) is 0 Å². The normalized spacial score (nSPS) is 14.4. The van der Waals surface area contributed by atoms with Gasteiger partial charge in [-0.15, -0.1) is 0 Å². The minimum Gasteiger partial charge on any atom is -0.456 e. The van der Waals surface area contributed by atoms with E-state index in [4.69, 9.17) is 13.8 Å². The summed E-state index contributed by atoms with van der Waals surface area (Å²) in [5.41, 5.74) is 20.3. The zero-order valence-corrected chi connectivity index (χ0v) is 33.4. The highest BCUT2D eigenvalue weighted by Crippen LogP contribution is 2.53. The third kappa shape index (κ3) is 4.99. The fraction of sp³-hybridized carbons (Fsp3) is 0.109. The molecule has 2 heterocycles. The van der Waals surface area contributed by atoms with Gasteiger partial charge in [0.25, 0.3) is 0 Å². The lowest BCUT2D eigenvalue weighted by atomic mass is 9.82. The molecule has 0 aliphatic heterocycles. The van der Waals surface area contributed by atoms with Crippen LogP contribution < -0.4 is 4.90 Å². The summed E-state index contributed by atoms with van der Waals surface area (Å²) in [6, 6.07) is 61.4. The number of rotatable bonds is 5. The van der Waals surface area contributed by atoms with Crippen molar-refractivity contribution in [2.75, 3.05) is 4.90 Å². The number of hydrogen-bond acceptors (Lipinski definition) is 4. The third-order valence-electron chi connectivity index (χ3n) is 13.1. The maximum Gasteiger partial charge on any atom is 0.227 e. The fourth-order valence-electron chi connectivity index (χ4n) is 10.0. The highest BCUT2D eigenvalue weighted by atomic mass is 16.4. The minimum atomic E-state index is -0.0621. The molecule has 4 heteroatoms. The topological polar surface area (TPSA) is 42.4 Å². The predicted molar refractivity (Wildman–Crippen MR) is 242 cm³/mol. The Balaban J connectivity index is 0.966. The number of anilines is 3. The third-order valence-corrected chi connectivity index (χ3v) is 13.1. The maximum absolute atomic E-state index is 6.35. The van der Waals surface area contributed by atoms with Crippen LogP contribution >= 0.6 is 0 Å². The number of fused-ring (bicyclic) bond motifs is 10. The molecule has 2 aromatic heterocycles. The van der Waals surface area contributed by atoms with E-state index >= 15 is 0 Å². The van der Waals surface area contributed by atoms with Crippen molar-refractivity contribution in [1.82, 2.24) is 4.98 Å². The van der Waals surface area contributed by atoms with Gasteiger partial charge in [0.1, 0.15) is 16.7 Å². The summed E-state index contributed by atoms with van der Waals surface area (Å²) in [5.74, 6) is 0.606. The van der Waals surface area contributed by atoms with Crippen molar-refractivity contribution in [2.24, 2.45) is 0 Å². The van der Waals surface area contributed by atoms with E-state index in [0.717, 1.165) is 61.2 Å². The van der Waals surface area contributed by atoms with Crippen LogP contribution in [0.15, 0.2) is 179 Å². The van der Waals surface area contributed by atoms with Gasteiger partial charge < -0.3 is 13.7 Å². The highest BCUT2D eigenvalue weighted by molar-refractivity contribution is 6.10. The standard InChI is InChI=1S/C55H40N2O2/c1-54(2)45-16-10-8-14-39(45)41-29-37(23-25-47(41)54)57(38-24-26-48-42(30-38)40-15-9-11-17-46(40)55(48,3)4)36-21-18-33(19-22-36)35-20-27-50-43(28-35)44-31-49-52(32-51(44)58-50)59-53(56-49)34-12-6-5-7-13-34/h5-32H,1-4H3. The second-order valence-corrected chi connectivity index (χ2v) is 17.2. The molecule has 0 spiro atoms. The molecule has 0 unspecified atom stereocenters. The van der Waals surface area contributed by atoms with Crippen LogP contribution in [0.4, 0.5) is 17.1 Å². The highest BCUT2D eigenvalue weighted by Gasteiger charge is 2.37. The van der Waals surface area contributed by atoms with Crippen molar-refractivity contribution >= 4 is 50.1 Å². The van der Waals surface area contributed by atoms with Crippen molar-refractivity contribution in [3.8, 4) is 44.8 Å². The molecule has 2 aliphatic rings. The van der Waals surface area contributed by atoms with E-state index in [-0.39, 0.29) is 10.8 Å². The van der Waals surface area contributed by atoms with Gasteiger partial charge >= 0.3 is 0 Å². The first kappa shape index (κ1) is 33.9. The Morgan fingerprint density at radius 3 is 1.58 bits per heavy atom. The van der Waals surface area contributed by atoms with Gasteiger partial charge in [0.05, 0.1) is 0 Å². The molecular formula is C55H40N2O2. The zero-order valence-electron chi connectivity index (χ0n) is 33.4. The van der Waals surface area contributed by atoms with Gasteiger partial charge in [-0.25, -0.2) is 4.98 Å². The molecule has 0 saturated heterocycles. The molecule has 282 valence electrons. The monoisotopic (exact) mass is 760 g/mol. The number of hydrogen-bond donors (Lipinski definition) is 0. The smallest absolute Gasteiger partial charge is 0.227 e. The summed E-state index contributed by atoms with van der Waals surface area (Å²) in [4.78, 5) is 7.26. The van der Waals surface area contributed by atoms with E-state index in [1.54, 1.807) is 0 Å². The summed E-state index contributed by atoms with van der Waals surface area (Å²) >= 11 is 0. The van der Waals surface area contributed by atoms with Crippen LogP contribution in [0.3, 0.4) is 0 Å². The van der Waals surface area contributed by atoms with E-state index in [0.29, 0.717) is 11.5 Å². The summed E-state index contributed by atoms with van der Waals surface area (Å²) in [7, 11) is 0. The lowest BCUT2D eigenvalue weighted by Crippen LogP contribution is -2.16. The first-order valence-electron chi connectivity index (χ1n) is 20.4. The molecule has 0 atom stereocenters. The van der Waals surface area contributed by atoms with Gasteiger partial charge in [-0.1, -0.05) is 125 Å². The first-order chi connectivity index (χ1) is 28.7. The summed E-state index contributed by atoms with van der Waals surface area (Å²) in [6.07, 6.45) is 0. The lowest BCUT2D eigenvalue weighted by molar-refractivity contribution is 0.617. The van der Waals surface area contributed by atoms with Crippen molar-refractivity contribution in [1.29, 1.82) is 0 Å². The average Bonchev–Trinajstić information content (AvgIpc) is 3.97. The molecule has 0 fully saturated rings. The van der Waals surface area contributed by atoms with Gasteiger partial charge in [0.2, 0.25) is 5.89 Å². The van der Waals surface area contributed by atoms with Gasteiger partial charge in [-0.05, 0) is 122 Å². The number of nitrogens with zero attached hydrogens (tertiary/aromatic N) is 2. The van der Waals surface area contributed by atoms with E-state index in [1.807, 2.05) is 36.4 Å². The minimum absolute atomic E-state index is 0.0621. The Morgan fingerprint density at radius 2 is 0.932 bits per heavy atom. The number of furan rings is 1. The van der Waals surface area contributed by atoms with Crippen LogP contribution in [-0.2, 0) is 10.8 Å². The van der Waals surface area contributed by atoms with Crippen LogP contribution in [0.1, 0.15) is 49.9 Å². The van der Waals surface area contributed by atoms with Crippen LogP contribution in [0.2, 0.25) is 0 Å². The number of aromatic nitrogens is 1. The van der Waals surface area contributed by atoms with Crippen molar-refractivity contribution in [3.05, 3.63) is 192 Å². The molecule has 0 bridgehead atoms. The largest absolute Gasteiger partial charge is 0.456 e. The number of benzene rings is 8. The Labute approximate surface area is 343 Å². The lowest BCUT2D eigenvalue weighted by Gasteiger charge is -2.28. The second-order valence-electron chi connectivity index (χ2n) is 17.2. The van der Waals surface area contributed by atoms with E-state index in [1.165, 1.54) is 44.5 Å². The quantitative estimate of drug-likeness (QED) is 0.175. The van der Waals surface area contributed by atoms with Crippen molar-refractivity contribution < 1.29 is 8.83 Å². The molecule has 0 N–H and O–H groups in total. The van der Waals surface area contributed by atoms with Gasteiger partial charge in [0, 0.05) is 50.3 Å². The van der Waals surface area contributed by atoms with Crippen LogP contribution in [0.5, 0.6) is 0 Å². The molecule has 8 aromatic carbocycles. The first-order valence-corrected chi connectivity index (χ1v) is 20.4. The molecular weight excluding hydrogens is 721 g/mol. The maximum atomic E-state index is 6.35. The SMILES string of the molecule is CC1(C)c2ccccc2-c2cc(N(c3ccc(-c4ccc5oc6cc7oc(-c8ccccc8)nc7cc6c5c4)cc3)c3ccc4c(c3)-c3ccccc3C4(C)C)ccc21. The second kappa shape index (κ2) is 12.2. The molecule has 10 aromatic rings. The zero-order chi connectivity index (χ0) is 39.6. The molecule has 2 aliphatic carbocycles. The molecule has 59 heavy (non-hydrogen) atoms. The summed E-state index contributed by atoms with van der Waals surface area (Å²) < 4.78 is 12.5. The number of oxazole rings is 1. The predicted octanol–water partition coefficient (Wildman–Crippen LogP) is 15.1.